The number of carbonyl (C=O) groups excluding carboxylic acids is 2. The second-order valence-corrected chi connectivity index (χ2v) is 13.6. The molecule has 2 aromatic heterocycles. The Kier molecular flexibility index (Phi) is 11.8. The van der Waals surface area contributed by atoms with Gasteiger partial charge in [-0.25, -0.2) is 9.67 Å². The number of rotatable bonds is 13. The molecule has 0 aliphatic carbocycles. The largest absolute Gasteiger partial charge is 0.381 e. The van der Waals surface area contributed by atoms with Crippen LogP contribution < -0.4 is 21.3 Å². The lowest BCUT2D eigenvalue weighted by atomic mass is 9.96. The normalized spacial score (nSPS) is 17.2. The van der Waals surface area contributed by atoms with E-state index in [-0.39, 0.29) is 30.8 Å². The predicted molar refractivity (Wildman–Crippen MR) is 198 cm³/mol. The topological polar surface area (TPSA) is 125 Å². The van der Waals surface area contributed by atoms with E-state index >= 15 is 0 Å². The molecule has 6 rings (SSSR count). The average Bonchev–Trinajstić information content (AvgIpc) is 3.55. The predicted octanol–water partition coefficient (Wildman–Crippen LogP) is 4.70. The maximum Gasteiger partial charge on any atom is 0.229 e. The third-order valence-electron chi connectivity index (χ3n) is 10.0. The molecule has 4 heterocycles. The van der Waals surface area contributed by atoms with Crippen LogP contribution in [0.1, 0.15) is 68.0 Å². The Bertz CT molecular complexity index is 1800. The van der Waals surface area contributed by atoms with E-state index in [0.717, 1.165) is 97.9 Å². The van der Waals surface area contributed by atoms with Gasteiger partial charge >= 0.3 is 0 Å². The van der Waals surface area contributed by atoms with Gasteiger partial charge < -0.3 is 26.0 Å². The number of nitrogens with one attached hydrogen (secondary N) is 4. The van der Waals surface area contributed by atoms with Crippen LogP contribution in [0.15, 0.2) is 48.7 Å². The molecule has 50 heavy (non-hydrogen) atoms. The molecular weight excluding hydrogens is 628 g/mol. The highest BCUT2D eigenvalue weighted by Gasteiger charge is 2.23. The van der Waals surface area contributed by atoms with E-state index in [9.17, 15) is 9.59 Å². The fourth-order valence-electron chi connectivity index (χ4n) is 7.04. The molecular formula is C39H52N8O3. The molecule has 2 saturated heterocycles. The van der Waals surface area contributed by atoms with Crippen LogP contribution in [0.3, 0.4) is 0 Å². The van der Waals surface area contributed by atoms with E-state index in [0.29, 0.717) is 19.0 Å². The Labute approximate surface area is 295 Å². The molecule has 266 valence electrons. The molecule has 2 fully saturated rings. The summed E-state index contributed by atoms with van der Waals surface area (Å²) in [5, 5.41) is 18.7. The van der Waals surface area contributed by atoms with Crippen molar-refractivity contribution in [1.82, 2.24) is 35.6 Å². The number of ether oxygens (including phenoxy) is 1. The minimum atomic E-state index is -0.328. The summed E-state index contributed by atoms with van der Waals surface area (Å²) in [6.45, 7) is 15.3. The molecule has 4 N–H and O–H groups in total. The summed E-state index contributed by atoms with van der Waals surface area (Å²) in [4.78, 5) is 33.5. The molecule has 2 amide bonds. The number of carbonyl (C=O) groups is 2. The van der Waals surface area contributed by atoms with Crippen LogP contribution in [0.25, 0.3) is 22.2 Å². The van der Waals surface area contributed by atoms with Gasteiger partial charge in [0.1, 0.15) is 6.42 Å². The fourth-order valence-corrected chi connectivity index (χ4v) is 7.04. The molecule has 0 saturated carbocycles. The summed E-state index contributed by atoms with van der Waals surface area (Å²) in [5.74, 6) is -0.642. The quantitative estimate of drug-likeness (QED) is 0.150. The van der Waals surface area contributed by atoms with Gasteiger partial charge in [-0.05, 0) is 80.0 Å². The number of hydrogen-bond acceptors (Lipinski definition) is 8. The van der Waals surface area contributed by atoms with Crippen LogP contribution in [0.4, 0.5) is 5.69 Å². The van der Waals surface area contributed by atoms with E-state index in [2.05, 4.69) is 95.4 Å². The third-order valence-corrected chi connectivity index (χ3v) is 10.0. The van der Waals surface area contributed by atoms with Crippen LogP contribution in [0.2, 0.25) is 0 Å². The number of fused-ring (bicyclic) bond motifs is 1. The Morgan fingerprint density at radius 2 is 1.82 bits per heavy atom. The number of aryl methyl sites for hydroxylation is 3. The summed E-state index contributed by atoms with van der Waals surface area (Å²) in [7, 11) is 0. The Hall–Kier alpha value is -4.32. The first-order chi connectivity index (χ1) is 24.3. The van der Waals surface area contributed by atoms with Gasteiger partial charge in [-0.3, -0.25) is 14.5 Å². The zero-order valence-electron chi connectivity index (χ0n) is 30.0. The Balaban J connectivity index is 1.08. The lowest BCUT2D eigenvalue weighted by Gasteiger charge is -2.34. The molecule has 11 nitrogen and oxygen atoms in total. The summed E-state index contributed by atoms with van der Waals surface area (Å²) < 4.78 is 7.48. The molecule has 2 aromatic carbocycles. The molecule has 1 atom stereocenters. The molecule has 0 unspecified atom stereocenters. The van der Waals surface area contributed by atoms with Crippen molar-refractivity contribution in [3.05, 3.63) is 76.6 Å². The minimum Gasteiger partial charge on any atom is -0.381 e. The van der Waals surface area contributed by atoms with Gasteiger partial charge in [0.15, 0.2) is 5.65 Å². The fraction of sp³-hybridized carbons (Fsp3) is 0.487. The van der Waals surface area contributed by atoms with Crippen LogP contribution in [0.5, 0.6) is 0 Å². The second kappa shape index (κ2) is 16.6. The van der Waals surface area contributed by atoms with Gasteiger partial charge in [-0.1, -0.05) is 37.3 Å². The van der Waals surface area contributed by atoms with Gasteiger partial charge in [0.25, 0.3) is 0 Å². The van der Waals surface area contributed by atoms with E-state index in [1.54, 1.807) is 0 Å². The van der Waals surface area contributed by atoms with Crippen molar-refractivity contribution in [1.29, 1.82) is 0 Å². The number of hydrogen-bond donors (Lipinski definition) is 4. The molecule has 2 aliphatic heterocycles. The van der Waals surface area contributed by atoms with E-state index in [1.165, 1.54) is 16.7 Å². The van der Waals surface area contributed by atoms with Crippen molar-refractivity contribution in [3.63, 3.8) is 0 Å². The Morgan fingerprint density at radius 3 is 2.58 bits per heavy atom. The standard InChI is InChI=1S/C39H52N8O3/c1-5-35-33(38(44-31-12-16-50-17-13-31)34-24-43-47(6-2)39(34)45-35)23-42-37(49)20-36(48)41-22-28-11-10-26(3)32(19-28)30-9-7-8-29(18-30)25-46-15-14-40-21-27(46)4/h7-11,18-19,24,27,31,40H,5-6,12-17,20-23,25H2,1-4H3,(H,41,48)(H,42,49)(H,44,45)/t27-/m0/s1. The molecule has 4 aromatic rings. The number of nitrogens with zero attached hydrogens (tertiary/aromatic N) is 4. The molecule has 2 aliphatic rings. The number of amides is 2. The SMILES string of the molecule is CCc1nc2c(cnn2CC)c(NC2CCOCC2)c1CNC(=O)CC(=O)NCc1ccc(C)c(-c2cccc(CN3CCNC[C@@H]3C)c2)c1. The van der Waals surface area contributed by atoms with E-state index in [4.69, 9.17) is 9.72 Å². The van der Waals surface area contributed by atoms with Crippen molar-refractivity contribution in [2.24, 2.45) is 0 Å². The van der Waals surface area contributed by atoms with Crippen LogP contribution in [-0.2, 0) is 46.9 Å². The lowest BCUT2D eigenvalue weighted by molar-refractivity contribution is -0.129. The summed E-state index contributed by atoms with van der Waals surface area (Å²) in [5.41, 5.74) is 9.43. The summed E-state index contributed by atoms with van der Waals surface area (Å²) >= 11 is 0. The molecule has 0 spiro atoms. The van der Waals surface area contributed by atoms with E-state index in [1.807, 2.05) is 16.9 Å². The van der Waals surface area contributed by atoms with Crippen LogP contribution in [0, 0.1) is 6.92 Å². The van der Waals surface area contributed by atoms with Crippen molar-refractivity contribution < 1.29 is 14.3 Å². The number of aromatic nitrogens is 3. The minimum absolute atomic E-state index is 0.251. The van der Waals surface area contributed by atoms with Gasteiger partial charge in [0.05, 0.1) is 17.3 Å². The number of pyridine rings is 1. The Morgan fingerprint density at radius 1 is 1.02 bits per heavy atom. The highest BCUT2D eigenvalue weighted by molar-refractivity contribution is 5.97. The first-order valence-electron chi connectivity index (χ1n) is 18.2. The van der Waals surface area contributed by atoms with Crippen molar-refractivity contribution in [2.45, 2.75) is 91.6 Å². The zero-order chi connectivity index (χ0) is 35.0. The van der Waals surface area contributed by atoms with Gasteiger partial charge in [-0.2, -0.15) is 5.10 Å². The summed E-state index contributed by atoms with van der Waals surface area (Å²) in [6, 6.07) is 15.8. The first-order valence-corrected chi connectivity index (χ1v) is 18.2. The zero-order valence-corrected chi connectivity index (χ0v) is 30.0. The number of benzene rings is 2. The van der Waals surface area contributed by atoms with Gasteiger partial charge in [-0.15, -0.1) is 0 Å². The van der Waals surface area contributed by atoms with Crippen molar-refractivity contribution in [2.75, 3.05) is 38.2 Å². The maximum atomic E-state index is 13.1. The second-order valence-electron chi connectivity index (χ2n) is 13.6. The number of anilines is 1. The maximum absolute atomic E-state index is 13.1. The highest BCUT2D eigenvalue weighted by atomic mass is 16.5. The average molecular weight is 681 g/mol. The van der Waals surface area contributed by atoms with Crippen LogP contribution in [-0.4, -0.2) is 76.4 Å². The van der Waals surface area contributed by atoms with Crippen molar-refractivity contribution >= 4 is 28.5 Å². The molecule has 0 bridgehead atoms. The smallest absolute Gasteiger partial charge is 0.229 e. The summed E-state index contributed by atoms with van der Waals surface area (Å²) in [6.07, 6.45) is 4.12. The van der Waals surface area contributed by atoms with Gasteiger partial charge in [0, 0.05) is 82.4 Å². The molecule has 11 heteroatoms. The first kappa shape index (κ1) is 35.5. The highest BCUT2D eigenvalue weighted by Crippen LogP contribution is 2.31. The van der Waals surface area contributed by atoms with Gasteiger partial charge in [0.2, 0.25) is 11.8 Å². The van der Waals surface area contributed by atoms with E-state index < -0.39 is 0 Å². The van der Waals surface area contributed by atoms with Crippen molar-refractivity contribution in [3.8, 4) is 11.1 Å². The monoisotopic (exact) mass is 680 g/mol. The third kappa shape index (κ3) is 8.51. The lowest BCUT2D eigenvalue weighted by Crippen LogP contribution is -2.49. The van der Waals surface area contributed by atoms with Crippen LogP contribution >= 0.6 is 0 Å². The number of piperazine rings is 1. The molecule has 0 radical (unpaired) electrons.